The molecule has 3 rings (SSSR count). The van der Waals surface area contributed by atoms with Crippen LogP contribution in [0.5, 0.6) is 5.75 Å². The van der Waals surface area contributed by atoms with Gasteiger partial charge in [0.25, 0.3) is 0 Å². The maximum Gasteiger partial charge on any atom is 0.136 e. The van der Waals surface area contributed by atoms with Crippen LogP contribution in [-0.2, 0) is 13.1 Å². The van der Waals surface area contributed by atoms with Gasteiger partial charge in [-0.25, -0.2) is 0 Å². The number of methoxy groups -OCH3 is 1. The monoisotopic (exact) mass is 281 g/mol. The van der Waals surface area contributed by atoms with Gasteiger partial charge in [-0.2, -0.15) is 5.26 Å². The van der Waals surface area contributed by atoms with Crippen LogP contribution in [0.4, 0.5) is 0 Å². The minimum Gasteiger partial charge on any atom is -0.495 e. The van der Waals surface area contributed by atoms with Gasteiger partial charge in [0.1, 0.15) is 11.8 Å². The summed E-state index contributed by atoms with van der Waals surface area (Å²) < 4.78 is 7.41. The number of benzene rings is 1. The molecule has 0 amide bonds. The Hall–Kier alpha value is -2.25. The molecule has 1 aliphatic rings. The summed E-state index contributed by atoms with van der Waals surface area (Å²) in [5.41, 5.74) is 3.01. The predicted octanol–water partition coefficient (Wildman–Crippen LogP) is 2.67. The Morgan fingerprint density at radius 1 is 1.33 bits per heavy atom. The molecule has 0 unspecified atom stereocenters. The normalized spacial score (nSPS) is 13.9. The van der Waals surface area contributed by atoms with E-state index in [1.807, 2.05) is 18.2 Å². The van der Waals surface area contributed by atoms with Crippen molar-refractivity contribution < 1.29 is 4.74 Å². The second-order valence-electron chi connectivity index (χ2n) is 5.49. The fourth-order valence-electron chi connectivity index (χ4n) is 2.38. The van der Waals surface area contributed by atoms with Crippen molar-refractivity contribution in [2.75, 3.05) is 7.11 Å². The summed E-state index contributed by atoms with van der Waals surface area (Å²) in [6, 6.07) is 10.7. The van der Waals surface area contributed by atoms with E-state index in [0.717, 1.165) is 24.7 Å². The molecule has 1 aliphatic carbocycles. The van der Waals surface area contributed by atoms with Crippen LogP contribution in [-0.4, -0.2) is 17.7 Å². The van der Waals surface area contributed by atoms with Gasteiger partial charge in [0.2, 0.25) is 0 Å². The molecule has 108 valence electrons. The van der Waals surface area contributed by atoms with E-state index < -0.39 is 0 Å². The maximum atomic E-state index is 9.00. The number of rotatable bonds is 6. The van der Waals surface area contributed by atoms with Gasteiger partial charge < -0.3 is 14.6 Å². The number of hydrogen-bond donors (Lipinski definition) is 1. The lowest BCUT2D eigenvalue weighted by Gasteiger charge is -2.07. The first-order chi connectivity index (χ1) is 10.3. The fourth-order valence-corrected chi connectivity index (χ4v) is 2.38. The second-order valence-corrected chi connectivity index (χ2v) is 5.49. The summed E-state index contributed by atoms with van der Waals surface area (Å²) in [6.45, 7) is 1.72. The fraction of sp³-hybridized carbons (Fsp3) is 0.353. The Balaban J connectivity index is 1.66. The molecule has 0 spiro atoms. The van der Waals surface area contributed by atoms with E-state index >= 15 is 0 Å². The molecule has 0 saturated heterocycles. The van der Waals surface area contributed by atoms with Crippen LogP contribution in [0.25, 0.3) is 0 Å². The highest BCUT2D eigenvalue weighted by molar-refractivity contribution is 5.45. The third-order valence-electron chi connectivity index (χ3n) is 3.74. The van der Waals surface area contributed by atoms with Crippen LogP contribution in [0.2, 0.25) is 0 Å². The van der Waals surface area contributed by atoms with E-state index in [2.05, 4.69) is 34.4 Å². The lowest BCUT2D eigenvalue weighted by molar-refractivity contribution is 0.413. The van der Waals surface area contributed by atoms with Crippen molar-refractivity contribution in [2.24, 2.45) is 0 Å². The van der Waals surface area contributed by atoms with E-state index in [1.165, 1.54) is 18.4 Å². The second kappa shape index (κ2) is 6.02. The van der Waals surface area contributed by atoms with E-state index in [9.17, 15) is 0 Å². The molecule has 1 aromatic carbocycles. The van der Waals surface area contributed by atoms with E-state index in [0.29, 0.717) is 11.3 Å². The minimum atomic E-state index is 0.572. The molecule has 2 aromatic rings. The molecule has 1 fully saturated rings. The first-order valence-electron chi connectivity index (χ1n) is 7.23. The Morgan fingerprint density at radius 3 is 2.90 bits per heavy atom. The molecule has 1 heterocycles. The Morgan fingerprint density at radius 2 is 2.19 bits per heavy atom. The van der Waals surface area contributed by atoms with Crippen LogP contribution in [0.1, 0.15) is 29.5 Å². The van der Waals surface area contributed by atoms with Crippen LogP contribution in [0, 0.1) is 11.3 Å². The van der Waals surface area contributed by atoms with Gasteiger partial charge >= 0.3 is 0 Å². The van der Waals surface area contributed by atoms with Gasteiger partial charge in [-0.1, -0.05) is 6.07 Å². The largest absolute Gasteiger partial charge is 0.495 e. The first-order valence-corrected chi connectivity index (χ1v) is 7.23. The van der Waals surface area contributed by atoms with Gasteiger partial charge in [0.05, 0.1) is 12.7 Å². The summed E-state index contributed by atoms with van der Waals surface area (Å²) in [5, 5.41) is 12.5. The quantitative estimate of drug-likeness (QED) is 0.885. The Bertz CT molecular complexity index is 665. The average Bonchev–Trinajstić information content (AvgIpc) is 3.24. The summed E-state index contributed by atoms with van der Waals surface area (Å²) in [7, 11) is 1.59. The molecule has 1 aromatic heterocycles. The Labute approximate surface area is 125 Å². The number of nitriles is 1. The van der Waals surface area contributed by atoms with Crippen molar-refractivity contribution in [1.82, 2.24) is 9.88 Å². The van der Waals surface area contributed by atoms with Crippen molar-refractivity contribution in [1.29, 1.82) is 5.26 Å². The van der Waals surface area contributed by atoms with Crippen LogP contribution in [0.15, 0.2) is 36.7 Å². The Kier molecular flexibility index (Phi) is 3.94. The minimum absolute atomic E-state index is 0.572. The third kappa shape index (κ3) is 3.45. The summed E-state index contributed by atoms with van der Waals surface area (Å²) in [5.74, 6) is 0.637. The van der Waals surface area contributed by atoms with Crippen molar-refractivity contribution in [2.45, 2.75) is 32.0 Å². The highest BCUT2D eigenvalue weighted by atomic mass is 16.5. The molecule has 4 nitrogen and oxygen atoms in total. The van der Waals surface area contributed by atoms with E-state index in [-0.39, 0.29) is 0 Å². The number of ether oxygens (including phenoxy) is 1. The molecular weight excluding hydrogens is 262 g/mol. The number of aromatic nitrogens is 1. The van der Waals surface area contributed by atoms with Gasteiger partial charge in [0, 0.05) is 31.5 Å². The van der Waals surface area contributed by atoms with Crippen LogP contribution >= 0.6 is 0 Å². The summed E-state index contributed by atoms with van der Waals surface area (Å²) in [4.78, 5) is 0. The van der Waals surface area contributed by atoms with Gasteiger partial charge in [-0.05, 0) is 42.2 Å². The first kappa shape index (κ1) is 13.7. The molecule has 21 heavy (non-hydrogen) atoms. The predicted molar refractivity (Wildman–Crippen MR) is 81.1 cm³/mol. The van der Waals surface area contributed by atoms with Crippen LogP contribution in [0.3, 0.4) is 0 Å². The molecule has 0 radical (unpaired) electrons. The lowest BCUT2D eigenvalue weighted by Crippen LogP contribution is -2.14. The molecule has 0 bridgehead atoms. The van der Waals surface area contributed by atoms with E-state index in [4.69, 9.17) is 10.00 Å². The van der Waals surface area contributed by atoms with E-state index in [1.54, 1.807) is 7.11 Å². The summed E-state index contributed by atoms with van der Waals surface area (Å²) >= 11 is 0. The molecule has 4 heteroatoms. The average molecular weight is 281 g/mol. The molecule has 1 N–H and O–H groups in total. The zero-order chi connectivity index (χ0) is 14.7. The maximum absolute atomic E-state index is 9.00. The molecule has 0 atom stereocenters. The zero-order valence-corrected chi connectivity index (χ0v) is 12.2. The van der Waals surface area contributed by atoms with Gasteiger partial charge in [-0.15, -0.1) is 0 Å². The topological polar surface area (TPSA) is 50.0 Å². The van der Waals surface area contributed by atoms with Crippen molar-refractivity contribution >= 4 is 0 Å². The third-order valence-corrected chi connectivity index (χ3v) is 3.74. The van der Waals surface area contributed by atoms with Gasteiger partial charge in [0.15, 0.2) is 0 Å². The smallest absolute Gasteiger partial charge is 0.136 e. The summed E-state index contributed by atoms with van der Waals surface area (Å²) in [6.07, 6.45) is 6.88. The molecule has 1 saturated carbocycles. The van der Waals surface area contributed by atoms with Gasteiger partial charge in [-0.3, -0.25) is 0 Å². The standard InChI is InChI=1S/C17H19N3O/c1-21-17-8-13(2-3-15(17)9-18)11-20-7-6-14(12-20)10-19-16-4-5-16/h2-3,6-8,12,16,19H,4-5,10-11H2,1H3. The zero-order valence-electron chi connectivity index (χ0n) is 12.2. The highest BCUT2D eigenvalue weighted by Crippen LogP contribution is 2.21. The molecular formula is C17H19N3O. The number of nitrogens with one attached hydrogen (secondary N) is 1. The SMILES string of the molecule is COc1cc(Cn2ccc(CNC3CC3)c2)ccc1C#N. The lowest BCUT2D eigenvalue weighted by atomic mass is 10.1. The van der Waals surface area contributed by atoms with Crippen molar-refractivity contribution in [3.63, 3.8) is 0 Å². The van der Waals surface area contributed by atoms with Crippen molar-refractivity contribution in [3.05, 3.63) is 53.3 Å². The molecule has 0 aliphatic heterocycles. The van der Waals surface area contributed by atoms with Crippen LogP contribution < -0.4 is 10.1 Å². The van der Waals surface area contributed by atoms with Crippen molar-refractivity contribution in [3.8, 4) is 11.8 Å². The number of hydrogen-bond acceptors (Lipinski definition) is 3. The number of nitrogens with zero attached hydrogens (tertiary/aromatic N) is 2. The highest BCUT2D eigenvalue weighted by Gasteiger charge is 2.19.